The van der Waals surface area contributed by atoms with E-state index in [2.05, 4.69) is 35.7 Å². The lowest BCUT2D eigenvalue weighted by Crippen LogP contribution is -2.34. The molecule has 1 aliphatic heterocycles. The van der Waals surface area contributed by atoms with Gasteiger partial charge < -0.3 is 30.5 Å². The number of aliphatic hydroxyl groups excluding tert-OH is 3. The second-order valence-electron chi connectivity index (χ2n) is 9.62. The first-order valence-corrected chi connectivity index (χ1v) is 11.7. The Labute approximate surface area is 193 Å². The lowest BCUT2D eigenvalue weighted by atomic mass is 9.75. The number of aliphatic hydroxyl groups is 3. The van der Waals surface area contributed by atoms with E-state index in [-0.39, 0.29) is 12.1 Å². The number of nitrogens with two attached hydrogens (primary N) is 1. The van der Waals surface area contributed by atoms with Crippen molar-refractivity contribution < 1.29 is 24.8 Å². The number of nitrogens with zero attached hydrogens (tertiary/aromatic N) is 4. The van der Waals surface area contributed by atoms with Crippen molar-refractivity contribution in [2.75, 3.05) is 18.9 Å². The highest BCUT2D eigenvalue weighted by atomic mass is 16.6. The number of aromatic nitrogens is 4. The van der Waals surface area contributed by atoms with E-state index in [9.17, 15) is 15.3 Å². The van der Waals surface area contributed by atoms with E-state index in [1.807, 2.05) is 12.2 Å². The van der Waals surface area contributed by atoms with Crippen LogP contribution in [0.25, 0.3) is 17.2 Å². The Bertz CT molecular complexity index is 980. The summed E-state index contributed by atoms with van der Waals surface area (Å²) in [5, 5.41) is 29.8. The average Bonchev–Trinajstić information content (AvgIpc) is 3.31. The van der Waals surface area contributed by atoms with Crippen LogP contribution in [-0.2, 0) is 9.47 Å². The van der Waals surface area contributed by atoms with Crippen LogP contribution in [0.3, 0.4) is 0 Å². The molecule has 1 aliphatic carbocycles. The molecule has 3 heterocycles. The summed E-state index contributed by atoms with van der Waals surface area (Å²) < 4.78 is 13.3. The predicted molar refractivity (Wildman–Crippen MR) is 123 cm³/mol. The van der Waals surface area contributed by atoms with Gasteiger partial charge in [0.25, 0.3) is 0 Å². The summed E-state index contributed by atoms with van der Waals surface area (Å²) in [5.41, 5.74) is 7.33. The Morgan fingerprint density at radius 1 is 1.27 bits per heavy atom. The third kappa shape index (κ3) is 4.90. The second kappa shape index (κ2) is 10.0. The zero-order valence-electron chi connectivity index (χ0n) is 19.4. The molecule has 1 saturated carbocycles. The second-order valence-corrected chi connectivity index (χ2v) is 9.62. The van der Waals surface area contributed by atoms with Gasteiger partial charge in [0.05, 0.1) is 31.3 Å². The monoisotopic (exact) mass is 461 g/mol. The lowest BCUT2D eigenvalue weighted by molar-refractivity contribution is -0.0511. The number of hydrogen-bond donors (Lipinski definition) is 4. The van der Waals surface area contributed by atoms with Crippen LogP contribution in [0.5, 0.6) is 0 Å². The van der Waals surface area contributed by atoms with E-state index in [0.29, 0.717) is 41.2 Å². The standard InChI is InChI=1S/C23H35N5O5/c1-12(2)14-7-6-13(3)9-16(14)32-8-4-5-15-18-21(27-23(24)26-15)28(11-25-18)22-20(31)19(30)17(10-29)33-22/h4-5,11-14,16-17,19-20,22,29-31H,6-10H2,1-3H3,(H2,24,26,27)/b5-4+/t13-,14+,16-,17-,19-,20-,22-/m1/s1. The van der Waals surface area contributed by atoms with Crippen LogP contribution < -0.4 is 5.73 Å². The van der Waals surface area contributed by atoms with Gasteiger partial charge in [-0.05, 0) is 36.7 Å². The first-order chi connectivity index (χ1) is 15.8. The van der Waals surface area contributed by atoms with Crippen molar-refractivity contribution in [1.29, 1.82) is 0 Å². The van der Waals surface area contributed by atoms with E-state index in [1.165, 1.54) is 23.7 Å². The van der Waals surface area contributed by atoms with Crippen LogP contribution >= 0.6 is 0 Å². The summed E-state index contributed by atoms with van der Waals surface area (Å²) >= 11 is 0. The van der Waals surface area contributed by atoms with E-state index in [1.54, 1.807) is 0 Å². The maximum absolute atomic E-state index is 10.4. The fraction of sp³-hybridized carbons (Fsp3) is 0.696. The maximum atomic E-state index is 10.4. The molecule has 0 amide bonds. The molecule has 10 heteroatoms. The van der Waals surface area contributed by atoms with Crippen LogP contribution in [0, 0.1) is 17.8 Å². The summed E-state index contributed by atoms with van der Waals surface area (Å²) in [7, 11) is 0. The number of fused-ring (bicyclic) bond motifs is 1. The molecule has 4 rings (SSSR count). The highest BCUT2D eigenvalue weighted by Gasteiger charge is 2.44. The van der Waals surface area contributed by atoms with Crippen LogP contribution in [0.1, 0.15) is 52.0 Å². The van der Waals surface area contributed by atoms with Crippen molar-refractivity contribution in [2.24, 2.45) is 17.8 Å². The Morgan fingerprint density at radius 3 is 2.76 bits per heavy atom. The number of imidazole rings is 1. The zero-order chi connectivity index (χ0) is 23.7. The maximum Gasteiger partial charge on any atom is 0.222 e. The smallest absolute Gasteiger partial charge is 0.222 e. The first-order valence-electron chi connectivity index (χ1n) is 11.7. The van der Waals surface area contributed by atoms with Crippen molar-refractivity contribution in [2.45, 2.75) is 70.7 Å². The summed E-state index contributed by atoms with van der Waals surface area (Å²) in [6.45, 7) is 6.85. The molecule has 7 atom stereocenters. The molecule has 0 radical (unpaired) electrons. The minimum absolute atomic E-state index is 0.0533. The van der Waals surface area contributed by atoms with E-state index in [0.717, 1.165) is 6.42 Å². The van der Waals surface area contributed by atoms with Crippen molar-refractivity contribution in [3.05, 3.63) is 18.1 Å². The molecule has 182 valence electrons. The van der Waals surface area contributed by atoms with Crippen LogP contribution in [-0.4, -0.2) is 72.5 Å². The molecular formula is C23H35N5O5. The Kier molecular flexibility index (Phi) is 7.30. The molecule has 2 aliphatic rings. The van der Waals surface area contributed by atoms with Crippen molar-refractivity contribution >= 4 is 23.2 Å². The summed E-state index contributed by atoms with van der Waals surface area (Å²) in [6, 6.07) is 0. The number of nitrogen functional groups attached to an aromatic ring is 1. The van der Waals surface area contributed by atoms with Gasteiger partial charge in [0.2, 0.25) is 5.95 Å². The van der Waals surface area contributed by atoms with Gasteiger partial charge in [-0.15, -0.1) is 0 Å². The normalized spacial score (nSPS) is 33.0. The highest BCUT2D eigenvalue weighted by molar-refractivity contribution is 5.81. The average molecular weight is 462 g/mol. The minimum atomic E-state index is -1.24. The van der Waals surface area contributed by atoms with Gasteiger partial charge in [-0.2, -0.15) is 4.98 Å². The molecule has 2 fully saturated rings. The molecule has 33 heavy (non-hydrogen) atoms. The largest absolute Gasteiger partial charge is 0.394 e. The van der Waals surface area contributed by atoms with Crippen molar-refractivity contribution in [1.82, 2.24) is 19.5 Å². The molecule has 10 nitrogen and oxygen atoms in total. The molecule has 0 spiro atoms. The number of anilines is 1. The quantitative estimate of drug-likeness (QED) is 0.481. The first kappa shape index (κ1) is 24.0. The van der Waals surface area contributed by atoms with Gasteiger partial charge in [0.15, 0.2) is 11.9 Å². The van der Waals surface area contributed by atoms with E-state index >= 15 is 0 Å². The minimum Gasteiger partial charge on any atom is -0.394 e. The molecule has 0 aromatic carbocycles. The van der Waals surface area contributed by atoms with Gasteiger partial charge >= 0.3 is 0 Å². The molecule has 0 unspecified atom stereocenters. The van der Waals surface area contributed by atoms with Crippen LogP contribution in [0.2, 0.25) is 0 Å². The number of hydrogen-bond acceptors (Lipinski definition) is 9. The van der Waals surface area contributed by atoms with Gasteiger partial charge in [-0.1, -0.05) is 33.3 Å². The van der Waals surface area contributed by atoms with Crippen molar-refractivity contribution in [3.8, 4) is 0 Å². The van der Waals surface area contributed by atoms with Crippen LogP contribution in [0.15, 0.2) is 12.4 Å². The molecule has 1 saturated heterocycles. The summed E-state index contributed by atoms with van der Waals surface area (Å²) in [6.07, 6.45) is 4.67. The number of ether oxygens (including phenoxy) is 2. The van der Waals surface area contributed by atoms with Crippen LogP contribution in [0.4, 0.5) is 5.95 Å². The molecule has 5 N–H and O–H groups in total. The lowest BCUT2D eigenvalue weighted by Gasteiger charge is -2.37. The SMILES string of the molecule is CC(C)[C@@H]1CC[C@@H](C)C[C@H]1OC/C=C/c1nc(N)nc2c1ncn2[C@@H]1O[C@H](CO)[C@@H](O)[C@H]1O. The third-order valence-corrected chi connectivity index (χ3v) is 6.90. The molecule has 0 bridgehead atoms. The van der Waals surface area contributed by atoms with Gasteiger partial charge in [0, 0.05) is 0 Å². The topological polar surface area (TPSA) is 149 Å². The molecule has 2 aromatic rings. The van der Waals surface area contributed by atoms with E-state index in [4.69, 9.17) is 15.2 Å². The predicted octanol–water partition coefficient (Wildman–Crippen LogP) is 1.51. The Balaban J connectivity index is 1.50. The van der Waals surface area contributed by atoms with Gasteiger partial charge in [-0.25, -0.2) is 9.97 Å². The van der Waals surface area contributed by atoms with Gasteiger partial charge in [0.1, 0.15) is 23.8 Å². The Hall–Kier alpha value is -2.11. The van der Waals surface area contributed by atoms with E-state index < -0.39 is 31.1 Å². The zero-order valence-corrected chi connectivity index (χ0v) is 19.4. The fourth-order valence-electron chi connectivity index (χ4n) is 5.01. The summed E-state index contributed by atoms with van der Waals surface area (Å²) in [4.78, 5) is 12.9. The molecular weight excluding hydrogens is 426 g/mol. The van der Waals surface area contributed by atoms with Gasteiger partial charge in [-0.3, -0.25) is 4.57 Å². The van der Waals surface area contributed by atoms with Crippen molar-refractivity contribution in [3.63, 3.8) is 0 Å². The number of rotatable bonds is 7. The Morgan fingerprint density at radius 2 is 2.06 bits per heavy atom. The summed E-state index contributed by atoms with van der Waals surface area (Å²) in [5.74, 6) is 1.89. The molecule has 2 aromatic heterocycles. The highest BCUT2D eigenvalue weighted by Crippen LogP contribution is 2.35. The third-order valence-electron chi connectivity index (χ3n) is 6.90. The fourth-order valence-corrected chi connectivity index (χ4v) is 5.01.